The van der Waals surface area contributed by atoms with Gasteiger partial charge in [-0.3, -0.25) is 9.59 Å². The lowest BCUT2D eigenvalue weighted by Gasteiger charge is -2.04. The summed E-state index contributed by atoms with van der Waals surface area (Å²) in [4.78, 5) is 26.8. The number of carboxylic acid groups (broad SMARTS) is 1. The van der Waals surface area contributed by atoms with Crippen molar-refractivity contribution in [1.29, 1.82) is 0 Å². The minimum atomic E-state index is -0.920. The molecule has 0 bridgehead atoms. The van der Waals surface area contributed by atoms with Crippen LogP contribution in [0.1, 0.15) is 13.8 Å². The van der Waals surface area contributed by atoms with Gasteiger partial charge in [0, 0.05) is 6.20 Å². The number of aliphatic carboxylic acids is 1. The quantitative estimate of drug-likeness (QED) is 0.828. The van der Waals surface area contributed by atoms with Gasteiger partial charge in [0.2, 0.25) is 5.91 Å². The fourth-order valence-electron chi connectivity index (χ4n) is 2.23. The largest absolute Gasteiger partial charge is 0.481 e. The summed E-state index contributed by atoms with van der Waals surface area (Å²) in [6, 6.07) is 5.18. The van der Waals surface area contributed by atoms with Crippen LogP contribution in [-0.2, 0) is 9.59 Å². The molecule has 2 unspecified atom stereocenters. The minimum absolute atomic E-state index is 0.277. The van der Waals surface area contributed by atoms with Crippen molar-refractivity contribution in [2.45, 2.75) is 13.8 Å². The topological polar surface area (TPSA) is 79.3 Å². The number of pyridine rings is 1. The molecule has 5 heteroatoms. The molecule has 1 aromatic heterocycles. The number of nitrogens with one attached hydrogen (secondary N) is 1. The van der Waals surface area contributed by atoms with Gasteiger partial charge in [-0.15, -0.1) is 0 Å². The van der Waals surface area contributed by atoms with E-state index in [0.29, 0.717) is 5.82 Å². The van der Waals surface area contributed by atoms with Gasteiger partial charge in [-0.1, -0.05) is 19.9 Å². The minimum Gasteiger partial charge on any atom is -0.481 e. The van der Waals surface area contributed by atoms with Gasteiger partial charge < -0.3 is 10.4 Å². The number of hydrogen-bond donors (Lipinski definition) is 2. The molecule has 1 aromatic rings. The molecule has 0 saturated heterocycles. The lowest BCUT2D eigenvalue weighted by atomic mass is 10.1. The van der Waals surface area contributed by atoms with E-state index in [1.54, 1.807) is 38.2 Å². The van der Waals surface area contributed by atoms with Crippen LogP contribution in [0.5, 0.6) is 0 Å². The van der Waals surface area contributed by atoms with E-state index in [1.165, 1.54) is 0 Å². The number of carbonyl (C=O) groups excluding carboxylic acids is 1. The van der Waals surface area contributed by atoms with Crippen LogP contribution < -0.4 is 5.32 Å². The summed E-state index contributed by atoms with van der Waals surface area (Å²) in [5.74, 6) is -1.84. The number of amides is 1. The van der Waals surface area contributed by atoms with Crippen molar-refractivity contribution in [1.82, 2.24) is 4.98 Å². The van der Waals surface area contributed by atoms with Gasteiger partial charge in [0.05, 0.1) is 11.8 Å². The molecule has 17 heavy (non-hydrogen) atoms. The van der Waals surface area contributed by atoms with Crippen molar-refractivity contribution < 1.29 is 14.7 Å². The van der Waals surface area contributed by atoms with Gasteiger partial charge in [0.15, 0.2) is 0 Å². The van der Waals surface area contributed by atoms with Crippen LogP contribution in [0.2, 0.25) is 0 Å². The third-order valence-electron chi connectivity index (χ3n) is 3.29. The molecule has 1 aliphatic carbocycles. The Bertz CT molecular complexity index is 456. The third-order valence-corrected chi connectivity index (χ3v) is 3.29. The summed E-state index contributed by atoms with van der Waals surface area (Å²) >= 11 is 0. The van der Waals surface area contributed by atoms with Crippen LogP contribution in [0.3, 0.4) is 0 Å². The second-order valence-corrected chi connectivity index (χ2v) is 4.82. The molecule has 2 rings (SSSR count). The first-order valence-electron chi connectivity index (χ1n) is 5.39. The van der Waals surface area contributed by atoms with E-state index in [-0.39, 0.29) is 5.91 Å². The summed E-state index contributed by atoms with van der Waals surface area (Å²) in [5, 5.41) is 11.6. The maximum Gasteiger partial charge on any atom is 0.307 e. The zero-order chi connectivity index (χ0) is 12.6. The number of carbonyl (C=O) groups is 2. The highest BCUT2D eigenvalue weighted by atomic mass is 16.4. The second-order valence-electron chi connectivity index (χ2n) is 4.82. The number of nitrogens with zero attached hydrogens (tertiary/aromatic N) is 1. The molecular formula is C12H14N2O3. The third kappa shape index (κ3) is 2.00. The molecule has 0 aliphatic heterocycles. The molecule has 2 atom stereocenters. The Balaban J connectivity index is 2.06. The average Bonchev–Trinajstić information content (AvgIpc) is 2.83. The number of anilines is 1. The molecule has 90 valence electrons. The predicted octanol–water partition coefficient (Wildman–Crippen LogP) is 1.38. The van der Waals surface area contributed by atoms with Gasteiger partial charge in [-0.2, -0.15) is 0 Å². The van der Waals surface area contributed by atoms with E-state index in [1.807, 2.05) is 0 Å². The summed E-state index contributed by atoms with van der Waals surface area (Å²) < 4.78 is 0. The molecule has 0 radical (unpaired) electrons. The van der Waals surface area contributed by atoms with Crippen LogP contribution >= 0.6 is 0 Å². The predicted molar refractivity (Wildman–Crippen MR) is 61.3 cm³/mol. The lowest BCUT2D eigenvalue weighted by Crippen LogP contribution is -2.18. The first kappa shape index (κ1) is 11.6. The standard InChI is InChI=1S/C12H14N2O3/c1-12(2)8(9(12)11(16)17)10(15)14-7-5-3-4-6-13-7/h3-6,8-9H,1-2H3,(H,16,17)(H,13,14,15). The van der Waals surface area contributed by atoms with Crippen molar-refractivity contribution in [3.05, 3.63) is 24.4 Å². The van der Waals surface area contributed by atoms with Crippen LogP contribution in [0.4, 0.5) is 5.82 Å². The number of carboxylic acids is 1. The highest BCUT2D eigenvalue weighted by Crippen LogP contribution is 2.58. The van der Waals surface area contributed by atoms with E-state index in [9.17, 15) is 9.59 Å². The Hall–Kier alpha value is -1.91. The first-order valence-corrected chi connectivity index (χ1v) is 5.39. The highest BCUT2D eigenvalue weighted by molar-refractivity contribution is 5.99. The van der Waals surface area contributed by atoms with Crippen LogP contribution in [-0.4, -0.2) is 22.0 Å². The highest BCUT2D eigenvalue weighted by Gasteiger charge is 2.65. The summed E-state index contributed by atoms with van der Waals surface area (Å²) in [6.45, 7) is 3.57. The van der Waals surface area contributed by atoms with Crippen LogP contribution in [0, 0.1) is 17.3 Å². The van der Waals surface area contributed by atoms with E-state index >= 15 is 0 Å². The Morgan fingerprint density at radius 3 is 2.53 bits per heavy atom. The molecule has 1 amide bonds. The molecule has 0 aromatic carbocycles. The zero-order valence-electron chi connectivity index (χ0n) is 9.68. The number of rotatable bonds is 3. The molecule has 0 spiro atoms. The van der Waals surface area contributed by atoms with Crippen LogP contribution in [0.15, 0.2) is 24.4 Å². The lowest BCUT2D eigenvalue weighted by molar-refractivity contribution is -0.140. The monoisotopic (exact) mass is 234 g/mol. The summed E-state index contributed by atoms with van der Waals surface area (Å²) in [6.07, 6.45) is 1.57. The number of hydrogen-bond acceptors (Lipinski definition) is 3. The average molecular weight is 234 g/mol. The maximum atomic E-state index is 11.9. The van der Waals surface area contributed by atoms with Crippen molar-refractivity contribution in [2.24, 2.45) is 17.3 Å². The van der Waals surface area contributed by atoms with Crippen molar-refractivity contribution in [3.8, 4) is 0 Å². The first-order chi connectivity index (χ1) is 7.94. The Morgan fingerprint density at radius 1 is 1.35 bits per heavy atom. The fourth-order valence-corrected chi connectivity index (χ4v) is 2.23. The van der Waals surface area contributed by atoms with Crippen molar-refractivity contribution in [2.75, 3.05) is 5.32 Å². The normalized spacial score (nSPS) is 25.1. The van der Waals surface area contributed by atoms with Crippen molar-refractivity contribution in [3.63, 3.8) is 0 Å². The molecule has 5 nitrogen and oxygen atoms in total. The Kier molecular flexibility index (Phi) is 2.61. The maximum absolute atomic E-state index is 11.9. The number of aromatic nitrogens is 1. The van der Waals surface area contributed by atoms with Crippen LogP contribution in [0.25, 0.3) is 0 Å². The van der Waals surface area contributed by atoms with E-state index in [2.05, 4.69) is 10.3 Å². The second kappa shape index (κ2) is 3.84. The summed E-state index contributed by atoms with van der Waals surface area (Å²) in [7, 11) is 0. The molecule has 1 fully saturated rings. The van der Waals surface area contributed by atoms with E-state index in [0.717, 1.165) is 0 Å². The smallest absolute Gasteiger partial charge is 0.307 e. The van der Waals surface area contributed by atoms with E-state index < -0.39 is 23.2 Å². The van der Waals surface area contributed by atoms with Crippen molar-refractivity contribution >= 4 is 17.7 Å². The van der Waals surface area contributed by atoms with Gasteiger partial charge in [0.1, 0.15) is 5.82 Å². The van der Waals surface area contributed by atoms with E-state index in [4.69, 9.17) is 5.11 Å². The van der Waals surface area contributed by atoms with Gasteiger partial charge in [-0.25, -0.2) is 4.98 Å². The fraction of sp³-hybridized carbons (Fsp3) is 0.417. The van der Waals surface area contributed by atoms with Gasteiger partial charge in [0.25, 0.3) is 0 Å². The van der Waals surface area contributed by atoms with Gasteiger partial charge in [-0.05, 0) is 17.5 Å². The zero-order valence-corrected chi connectivity index (χ0v) is 9.68. The summed E-state index contributed by atoms with van der Waals surface area (Å²) in [5.41, 5.74) is -0.481. The SMILES string of the molecule is CC1(C)C(C(=O)O)C1C(=O)Nc1ccccn1. The molecule has 1 saturated carbocycles. The molecule has 1 aliphatic rings. The molecule has 1 heterocycles. The molecule has 2 N–H and O–H groups in total. The van der Waals surface area contributed by atoms with Gasteiger partial charge >= 0.3 is 5.97 Å². The molecular weight excluding hydrogens is 220 g/mol. The Morgan fingerprint density at radius 2 is 2.06 bits per heavy atom. The Labute approximate surface area is 98.9 Å².